The zero-order chi connectivity index (χ0) is 22.9. The summed E-state index contributed by atoms with van der Waals surface area (Å²) in [6, 6.07) is 13.8. The quantitative estimate of drug-likeness (QED) is 0.488. The average molecular weight is 443 g/mol. The molecule has 1 aliphatic rings. The summed E-state index contributed by atoms with van der Waals surface area (Å²) in [6.45, 7) is 7.74. The molecule has 4 aromatic rings. The highest BCUT2D eigenvalue weighted by molar-refractivity contribution is 6.11. The summed E-state index contributed by atoms with van der Waals surface area (Å²) in [7, 11) is 0. The number of rotatable bonds is 5. The molecule has 1 saturated heterocycles. The number of carbonyl (C=O) groups excluding carboxylic acids is 1. The number of piperidine rings is 1. The molecule has 5 rings (SSSR count). The number of hydrogen-bond donors (Lipinski definition) is 2. The van der Waals surface area contributed by atoms with Crippen molar-refractivity contribution >= 4 is 33.9 Å². The van der Waals surface area contributed by atoms with Gasteiger partial charge in [0, 0.05) is 13.1 Å². The van der Waals surface area contributed by atoms with Gasteiger partial charge >= 0.3 is 0 Å². The Bertz CT molecular complexity index is 1340. The second kappa shape index (κ2) is 8.83. The van der Waals surface area contributed by atoms with Crippen LogP contribution in [-0.4, -0.2) is 51.5 Å². The molecule has 7 nitrogen and oxygen atoms in total. The molecule has 33 heavy (non-hydrogen) atoms. The molecule has 0 atom stereocenters. The van der Waals surface area contributed by atoms with Gasteiger partial charge in [-0.15, -0.1) is 0 Å². The van der Waals surface area contributed by atoms with Gasteiger partial charge in [-0.25, -0.2) is 9.97 Å². The van der Waals surface area contributed by atoms with Crippen LogP contribution in [0.4, 0.5) is 5.82 Å². The summed E-state index contributed by atoms with van der Waals surface area (Å²) in [6.07, 6.45) is 3.75. The van der Waals surface area contributed by atoms with Gasteiger partial charge in [0.15, 0.2) is 5.65 Å². The molecule has 0 radical (unpaired) electrons. The first-order valence-electron chi connectivity index (χ1n) is 11.7. The monoisotopic (exact) mass is 442 g/mol. The van der Waals surface area contributed by atoms with Crippen LogP contribution in [0.2, 0.25) is 0 Å². The van der Waals surface area contributed by atoms with Crippen molar-refractivity contribution in [1.29, 1.82) is 0 Å². The Hall–Kier alpha value is -3.45. The zero-order valence-corrected chi connectivity index (χ0v) is 19.3. The lowest BCUT2D eigenvalue weighted by atomic mass is 10.1. The first-order chi connectivity index (χ1) is 16.0. The maximum Gasteiger partial charge on any atom is 0.257 e. The Kier molecular flexibility index (Phi) is 5.72. The highest BCUT2D eigenvalue weighted by Crippen LogP contribution is 2.32. The van der Waals surface area contributed by atoms with Crippen molar-refractivity contribution < 1.29 is 4.79 Å². The standard InChI is InChI=1S/C26H30N6O/c1-17-9-8-12-21(18(17)2)32-24(27)22(26(33)28-13-16-31-14-6-3-7-15-31)23-25(32)30-20-11-5-4-10-19(20)29-23/h4-5,8-12H,3,6-7,13-16,27H2,1-2H3,(H,28,33). The van der Waals surface area contributed by atoms with E-state index in [0.717, 1.165) is 47.5 Å². The summed E-state index contributed by atoms with van der Waals surface area (Å²) < 4.78 is 1.87. The molecule has 3 heterocycles. The fourth-order valence-corrected chi connectivity index (χ4v) is 4.71. The average Bonchev–Trinajstić information content (AvgIpc) is 3.10. The molecule has 2 aromatic carbocycles. The third kappa shape index (κ3) is 3.93. The van der Waals surface area contributed by atoms with E-state index in [2.05, 4.69) is 30.1 Å². The number of carbonyl (C=O) groups is 1. The Morgan fingerprint density at radius 3 is 2.48 bits per heavy atom. The van der Waals surface area contributed by atoms with Crippen LogP contribution in [0.5, 0.6) is 0 Å². The van der Waals surface area contributed by atoms with E-state index in [0.29, 0.717) is 29.1 Å². The first-order valence-corrected chi connectivity index (χ1v) is 11.7. The maximum atomic E-state index is 13.4. The minimum atomic E-state index is -0.205. The van der Waals surface area contributed by atoms with E-state index >= 15 is 0 Å². The second-order valence-corrected chi connectivity index (χ2v) is 8.86. The van der Waals surface area contributed by atoms with Crippen LogP contribution >= 0.6 is 0 Å². The molecule has 1 aliphatic heterocycles. The predicted octanol–water partition coefficient (Wildman–Crippen LogP) is 3.99. The third-order valence-corrected chi connectivity index (χ3v) is 6.70. The van der Waals surface area contributed by atoms with Gasteiger partial charge in [0.1, 0.15) is 16.9 Å². The Balaban J connectivity index is 1.58. The molecule has 0 aliphatic carbocycles. The smallest absolute Gasteiger partial charge is 0.257 e. The van der Waals surface area contributed by atoms with Gasteiger partial charge in [0.2, 0.25) is 0 Å². The van der Waals surface area contributed by atoms with Crippen LogP contribution < -0.4 is 11.1 Å². The first kappa shape index (κ1) is 21.4. The van der Waals surface area contributed by atoms with E-state index in [1.54, 1.807) is 0 Å². The van der Waals surface area contributed by atoms with Crippen molar-refractivity contribution in [3.8, 4) is 5.69 Å². The Morgan fingerprint density at radius 2 is 1.73 bits per heavy atom. The zero-order valence-electron chi connectivity index (χ0n) is 19.3. The SMILES string of the molecule is Cc1cccc(-n2c(N)c(C(=O)NCCN3CCCCC3)c3nc4ccccc4nc32)c1C. The van der Waals surface area contributed by atoms with Gasteiger partial charge in [-0.2, -0.15) is 0 Å². The number of likely N-dealkylation sites (tertiary alicyclic amines) is 1. The second-order valence-electron chi connectivity index (χ2n) is 8.86. The Morgan fingerprint density at radius 1 is 1.00 bits per heavy atom. The number of para-hydroxylation sites is 2. The number of benzene rings is 2. The molecule has 0 saturated carbocycles. The van der Waals surface area contributed by atoms with Crippen molar-refractivity contribution in [2.75, 3.05) is 31.9 Å². The minimum Gasteiger partial charge on any atom is -0.384 e. The van der Waals surface area contributed by atoms with Crippen LogP contribution in [0.25, 0.3) is 27.9 Å². The number of nitrogens with two attached hydrogens (primary N) is 1. The van der Waals surface area contributed by atoms with Crippen LogP contribution in [-0.2, 0) is 0 Å². The van der Waals surface area contributed by atoms with Crippen molar-refractivity contribution in [2.24, 2.45) is 0 Å². The van der Waals surface area contributed by atoms with Gasteiger partial charge in [-0.3, -0.25) is 9.36 Å². The number of aryl methyl sites for hydroxylation is 1. The third-order valence-electron chi connectivity index (χ3n) is 6.70. The number of nitrogens with zero attached hydrogens (tertiary/aromatic N) is 4. The fourth-order valence-electron chi connectivity index (χ4n) is 4.71. The highest BCUT2D eigenvalue weighted by atomic mass is 16.1. The number of nitrogens with one attached hydrogen (secondary N) is 1. The molecule has 170 valence electrons. The van der Waals surface area contributed by atoms with E-state index in [1.165, 1.54) is 19.3 Å². The fraction of sp³-hybridized carbons (Fsp3) is 0.346. The van der Waals surface area contributed by atoms with Crippen molar-refractivity contribution in [2.45, 2.75) is 33.1 Å². The number of amides is 1. The lowest BCUT2D eigenvalue weighted by Gasteiger charge is -2.26. The number of aromatic nitrogens is 3. The summed E-state index contributed by atoms with van der Waals surface area (Å²) in [5.41, 5.74) is 12.8. The summed E-state index contributed by atoms with van der Waals surface area (Å²) >= 11 is 0. The topological polar surface area (TPSA) is 89.1 Å². The minimum absolute atomic E-state index is 0.205. The van der Waals surface area contributed by atoms with E-state index in [-0.39, 0.29) is 5.91 Å². The molecule has 2 aromatic heterocycles. The van der Waals surface area contributed by atoms with Gasteiger partial charge < -0.3 is 16.0 Å². The molecule has 7 heteroatoms. The lowest BCUT2D eigenvalue weighted by Crippen LogP contribution is -2.37. The van der Waals surface area contributed by atoms with E-state index in [9.17, 15) is 4.79 Å². The van der Waals surface area contributed by atoms with E-state index in [1.807, 2.05) is 41.0 Å². The molecule has 3 N–H and O–H groups in total. The molecule has 1 amide bonds. The number of fused-ring (bicyclic) bond motifs is 2. The molecular weight excluding hydrogens is 412 g/mol. The van der Waals surface area contributed by atoms with E-state index in [4.69, 9.17) is 15.7 Å². The predicted molar refractivity (Wildman–Crippen MR) is 133 cm³/mol. The van der Waals surface area contributed by atoms with Gasteiger partial charge in [-0.1, -0.05) is 30.7 Å². The molecule has 0 spiro atoms. The van der Waals surface area contributed by atoms with Crippen molar-refractivity contribution in [3.05, 3.63) is 59.2 Å². The van der Waals surface area contributed by atoms with Crippen LogP contribution in [0.3, 0.4) is 0 Å². The summed E-state index contributed by atoms with van der Waals surface area (Å²) in [5, 5.41) is 3.08. The maximum absolute atomic E-state index is 13.4. The lowest BCUT2D eigenvalue weighted by molar-refractivity contribution is 0.0949. The number of hydrogen-bond acceptors (Lipinski definition) is 5. The Labute approximate surface area is 193 Å². The van der Waals surface area contributed by atoms with Gasteiger partial charge in [0.05, 0.1) is 16.7 Å². The highest BCUT2D eigenvalue weighted by Gasteiger charge is 2.25. The summed E-state index contributed by atoms with van der Waals surface area (Å²) in [5.74, 6) is 0.160. The van der Waals surface area contributed by atoms with Crippen LogP contribution in [0, 0.1) is 13.8 Å². The normalized spacial score (nSPS) is 14.7. The van der Waals surface area contributed by atoms with Crippen LogP contribution in [0.15, 0.2) is 42.5 Å². The van der Waals surface area contributed by atoms with E-state index < -0.39 is 0 Å². The number of anilines is 1. The van der Waals surface area contributed by atoms with Crippen LogP contribution in [0.1, 0.15) is 40.7 Å². The molecule has 1 fully saturated rings. The van der Waals surface area contributed by atoms with Gasteiger partial charge in [0.25, 0.3) is 5.91 Å². The molecule has 0 unspecified atom stereocenters. The summed E-state index contributed by atoms with van der Waals surface area (Å²) in [4.78, 5) is 25.5. The molecule has 0 bridgehead atoms. The largest absolute Gasteiger partial charge is 0.384 e. The molecular formula is C26H30N6O. The van der Waals surface area contributed by atoms with Crippen molar-refractivity contribution in [3.63, 3.8) is 0 Å². The number of nitrogen functional groups attached to an aromatic ring is 1. The van der Waals surface area contributed by atoms with Crippen molar-refractivity contribution in [1.82, 2.24) is 24.8 Å². The van der Waals surface area contributed by atoms with Gasteiger partial charge in [-0.05, 0) is 69.1 Å².